The molecule has 2 atom stereocenters. The van der Waals surface area contributed by atoms with E-state index >= 15 is 0 Å². The molecule has 0 saturated heterocycles. The Morgan fingerprint density at radius 3 is 1.80 bits per heavy atom. The standard InChI is InChI=1S/C35H37BrN2O2/c1-3-26(2)37-35(40)33(23-27-13-7-4-8-14-27)38(25-28-19-21-31(36)22-20-28)34(39)24-32(29-15-9-5-10-16-29)30-17-11-6-12-18-30/h4-22,26,32-33H,3,23-25H2,1-2H3,(H,37,40). The summed E-state index contributed by atoms with van der Waals surface area (Å²) in [5.74, 6) is -0.308. The number of hydrogen-bond donors (Lipinski definition) is 1. The van der Waals surface area contributed by atoms with Crippen LogP contribution in [0, 0.1) is 0 Å². The molecule has 206 valence electrons. The van der Waals surface area contributed by atoms with Crippen molar-refractivity contribution in [2.24, 2.45) is 0 Å². The number of nitrogens with zero attached hydrogens (tertiary/aromatic N) is 1. The smallest absolute Gasteiger partial charge is 0.243 e. The lowest BCUT2D eigenvalue weighted by Gasteiger charge is -2.33. The highest BCUT2D eigenvalue weighted by molar-refractivity contribution is 9.10. The number of amides is 2. The van der Waals surface area contributed by atoms with Gasteiger partial charge < -0.3 is 10.2 Å². The molecule has 2 unspecified atom stereocenters. The summed E-state index contributed by atoms with van der Waals surface area (Å²) in [7, 11) is 0. The quantitative estimate of drug-likeness (QED) is 0.184. The van der Waals surface area contributed by atoms with Crippen molar-refractivity contribution in [1.82, 2.24) is 10.2 Å². The van der Waals surface area contributed by atoms with Gasteiger partial charge in [-0.05, 0) is 47.7 Å². The lowest BCUT2D eigenvalue weighted by atomic mass is 9.87. The molecule has 5 heteroatoms. The molecule has 40 heavy (non-hydrogen) atoms. The van der Waals surface area contributed by atoms with E-state index in [9.17, 15) is 9.59 Å². The lowest BCUT2D eigenvalue weighted by molar-refractivity contribution is -0.141. The summed E-state index contributed by atoms with van der Waals surface area (Å²) in [4.78, 5) is 30.0. The van der Waals surface area contributed by atoms with Crippen LogP contribution in [0.2, 0.25) is 0 Å². The average molecular weight is 598 g/mol. The number of hydrogen-bond acceptors (Lipinski definition) is 2. The molecule has 1 N–H and O–H groups in total. The van der Waals surface area contributed by atoms with Gasteiger partial charge in [-0.15, -0.1) is 0 Å². The van der Waals surface area contributed by atoms with Crippen molar-refractivity contribution in [3.8, 4) is 0 Å². The summed E-state index contributed by atoms with van der Waals surface area (Å²) >= 11 is 3.51. The highest BCUT2D eigenvalue weighted by Crippen LogP contribution is 2.30. The largest absolute Gasteiger partial charge is 0.352 e. The van der Waals surface area contributed by atoms with E-state index in [0.717, 1.165) is 33.1 Å². The molecule has 0 aliphatic heterocycles. The van der Waals surface area contributed by atoms with E-state index in [1.807, 2.05) is 105 Å². The number of nitrogens with one attached hydrogen (secondary N) is 1. The first-order chi connectivity index (χ1) is 19.4. The van der Waals surface area contributed by atoms with Crippen molar-refractivity contribution in [3.05, 3.63) is 142 Å². The fourth-order valence-electron chi connectivity index (χ4n) is 4.87. The van der Waals surface area contributed by atoms with Crippen molar-refractivity contribution >= 4 is 27.7 Å². The highest BCUT2D eigenvalue weighted by Gasteiger charge is 2.32. The predicted molar refractivity (Wildman–Crippen MR) is 166 cm³/mol. The molecule has 0 fully saturated rings. The molecular weight excluding hydrogens is 560 g/mol. The van der Waals surface area contributed by atoms with E-state index < -0.39 is 6.04 Å². The first-order valence-corrected chi connectivity index (χ1v) is 14.7. The van der Waals surface area contributed by atoms with Crippen molar-refractivity contribution in [1.29, 1.82) is 0 Å². The normalized spacial score (nSPS) is 12.5. The van der Waals surface area contributed by atoms with E-state index in [1.165, 1.54) is 0 Å². The summed E-state index contributed by atoms with van der Waals surface area (Å²) in [6.07, 6.45) is 1.51. The van der Waals surface area contributed by atoms with Gasteiger partial charge in [0.15, 0.2) is 0 Å². The van der Waals surface area contributed by atoms with Crippen LogP contribution in [0.4, 0.5) is 0 Å². The Hall–Kier alpha value is -3.70. The van der Waals surface area contributed by atoms with Gasteiger partial charge in [0.2, 0.25) is 11.8 Å². The van der Waals surface area contributed by atoms with E-state index in [0.29, 0.717) is 13.0 Å². The maximum atomic E-state index is 14.4. The molecule has 4 aromatic rings. The molecule has 0 aliphatic rings. The van der Waals surface area contributed by atoms with Gasteiger partial charge in [0, 0.05) is 35.8 Å². The Kier molecular flexibility index (Phi) is 10.7. The number of carbonyl (C=O) groups excluding carboxylic acids is 2. The Balaban J connectivity index is 1.73. The maximum Gasteiger partial charge on any atom is 0.243 e. The number of rotatable bonds is 12. The van der Waals surface area contributed by atoms with Crippen LogP contribution in [0.3, 0.4) is 0 Å². The Morgan fingerprint density at radius 1 is 0.750 bits per heavy atom. The van der Waals surface area contributed by atoms with Gasteiger partial charge in [-0.1, -0.05) is 126 Å². The maximum absolute atomic E-state index is 14.4. The van der Waals surface area contributed by atoms with Crippen LogP contribution in [-0.4, -0.2) is 28.8 Å². The number of carbonyl (C=O) groups is 2. The minimum atomic E-state index is -0.653. The van der Waals surface area contributed by atoms with Crippen molar-refractivity contribution in [2.45, 2.75) is 57.7 Å². The summed E-state index contributed by atoms with van der Waals surface area (Å²) in [5, 5.41) is 3.16. The van der Waals surface area contributed by atoms with Crippen LogP contribution in [0.25, 0.3) is 0 Å². The predicted octanol–water partition coefficient (Wildman–Crippen LogP) is 7.53. The van der Waals surface area contributed by atoms with Gasteiger partial charge in [-0.3, -0.25) is 9.59 Å². The van der Waals surface area contributed by atoms with E-state index in [-0.39, 0.29) is 30.2 Å². The lowest BCUT2D eigenvalue weighted by Crippen LogP contribution is -2.52. The van der Waals surface area contributed by atoms with Gasteiger partial charge in [-0.25, -0.2) is 0 Å². The number of halogens is 1. The van der Waals surface area contributed by atoms with Crippen molar-refractivity contribution < 1.29 is 9.59 Å². The minimum absolute atomic E-state index is 0.0109. The summed E-state index contributed by atoms with van der Waals surface area (Å²) in [6.45, 7) is 4.39. The van der Waals surface area contributed by atoms with E-state index in [2.05, 4.69) is 45.5 Å². The SMILES string of the molecule is CCC(C)NC(=O)C(Cc1ccccc1)N(Cc1ccc(Br)cc1)C(=O)CC(c1ccccc1)c1ccccc1. The minimum Gasteiger partial charge on any atom is -0.352 e. The Labute approximate surface area is 246 Å². The van der Waals surface area contributed by atoms with E-state index in [1.54, 1.807) is 4.90 Å². The van der Waals surface area contributed by atoms with Crippen LogP contribution >= 0.6 is 15.9 Å². The van der Waals surface area contributed by atoms with Crippen LogP contribution in [-0.2, 0) is 22.6 Å². The fraction of sp³-hybridized carbons (Fsp3) is 0.257. The van der Waals surface area contributed by atoms with Gasteiger partial charge in [0.1, 0.15) is 6.04 Å². The summed E-state index contributed by atoms with van der Waals surface area (Å²) < 4.78 is 0.970. The Bertz CT molecular complexity index is 1310. The second kappa shape index (κ2) is 14.6. The molecular formula is C35H37BrN2O2. The molecule has 4 nitrogen and oxygen atoms in total. The third-order valence-corrected chi connectivity index (χ3v) is 7.85. The monoisotopic (exact) mass is 596 g/mol. The molecule has 0 spiro atoms. The molecule has 0 radical (unpaired) electrons. The van der Waals surface area contributed by atoms with Gasteiger partial charge in [0.25, 0.3) is 0 Å². The second-order valence-corrected chi connectivity index (χ2v) is 11.2. The third kappa shape index (κ3) is 8.15. The molecule has 0 bridgehead atoms. The summed E-state index contributed by atoms with van der Waals surface area (Å²) in [5.41, 5.74) is 4.15. The molecule has 4 rings (SSSR count). The molecule has 0 aliphatic carbocycles. The topological polar surface area (TPSA) is 49.4 Å². The molecule has 0 saturated carbocycles. The average Bonchev–Trinajstić information content (AvgIpc) is 2.99. The van der Waals surface area contributed by atoms with Crippen molar-refractivity contribution in [3.63, 3.8) is 0 Å². The van der Waals surface area contributed by atoms with Gasteiger partial charge in [-0.2, -0.15) is 0 Å². The Morgan fingerprint density at radius 2 is 1.27 bits per heavy atom. The molecule has 0 aromatic heterocycles. The van der Waals surface area contributed by atoms with Crippen LogP contribution in [0.15, 0.2) is 120 Å². The fourth-order valence-corrected chi connectivity index (χ4v) is 5.14. The van der Waals surface area contributed by atoms with Gasteiger partial charge >= 0.3 is 0 Å². The highest BCUT2D eigenvalue weighted by atomic mass is 79.9. The zero-order valence-corrected chi connectivity index (χ0v) is 24.8. The molecule has 2 amide bonds. The van der Waals surface area contributed by atoms with E-state index in [4.69, 9.17) is 0 Å². The molecule has 4 aromatic carbocycles. The second-order valence-electron chi connectivity index (χ2n) is 10.2. The van der Waals surface area contributed by atoms with Gasteiger partial charge in [0.05, 0.1) is 0 Å². The zero-order chi connectivity index (χ0) is 28.3. The zero-order valence-electron chi connectivity index (χ0n) is 23.2. The van der Waals surface area contributed by atoms with Crippen molar-refractivity contribution in [2.75, 3.05) is 0 Å². The van der Waals surface area contributed by atoms with Crippen LogP contribution < -0.4 is 5.32 Å². The number of benzene rings is 4. The first-order valence-electron chi connectivity index (χ1n) is 13.9. The first kappa shape index (κ1) is 29.3. The van der Waals surface area contributed by atoms with Crippen LogP contribution in [0.5, 0.6) is 0 Å². The van der Waals surface area contributed by atoms with Crippen LogP contribution in [0.1, 0.15) is 54.9 Å². The third-order valence-electron chi connectivity index (χ3n) is 7.32. The molecule has 0 heterocycles. The summed E-state index contributed by atoms with van der Waals surface area (Å²) in [6, 6.07) is 37.5.